The van der Waals surface area contributed by atoms with Crippen LogP contribution in [0.1, 0.15) is 13.8 Å². The van der Waals surface area contributed by atoms with Crippen molar-refractivity contribution in [1.29, 1.82) is 0 Å². The van der Waals surface area contributed by atoms with Gasteiger partial charge in [0, 0.05) is 16.5 Å². The minimum atomic E-state index is -0.165. The molecule has 1 aromatic carbocycles. The summed E-state index contributed by atoms with van der Waals surface area (Å²) in [6, 6.07) is 7.09. The van der Waals surface area contributed by atoms with Gasteiger partial charge in [-0.05, 0) is 24.3 Å². The van der Waals surface area contributed by atoms with E-state index in [4.69, 9.17) is 16.0 Å². The van der Waals surface area contributed by atoms with Crippen LogP contribution in [0.15, 0.2) is 28.7 Å². The monoisotopic (exact) mass is 265 g/mol. The van der Waals surface area contributed by atoms with Crippen LogP contribution in [0.2, 0.25) is 5.02 Å². The maximum Gasteiger partial charge on any atom is 0.322 e. The molecule has 1 aromatic heterocycles. The van der Waals surface area contributed by atoms with Crippen molar-refractivity contribution >= 4 is 23.5 Å². The molecule has 0 aliphatic carbocycles. The van der Waals surface area contributed by atoms with E-state index in [-0.39, 0.29) is 17.8 Å². The predicted octanol–water partition coefficient (Wildman–Crippen LogP) is 2.98. The highest BCUT2D eigenvalue weighted by Crippen LogP contribution is 2.21. The van der Waals surface area contributed by atoms with E-state index in [2.05, 4.69) is 15.5 Å². The zero-order valence-corrected chi connectivity index (χ0v) is 10.7. The van der Waals surface area contributed by atoms with Gasteiger partial charge in [0.25, 0.3) is 0 Å². The standard InChI is InChI=1S/C12H12ClN3O2/c1-7(2)10(17)14-12-16-15-11(18-12)8-3-5-9(13)6-4-8/h3-7H,1-2H3,(H,14,16,17). The molecule has 0 unspecified atom stereocenters. The Hall–Kier alpha value is -1.88. The maximum absolute atomic E-state index is 11.4. The summed E-state index contributed by atoms with van der Waals surface area (Å²) in [6.45, 7) is 3.57. The van der Waals surface area contributed by atoms with Gasteiger partial charge in [-0.25, -0.2) is 0 Å². The van der Waals surface area contributed by atoms with Crippen molar-refractivity contribution < 1.29 is 9.21 Å². The molecule has 0 spiro atoms. The van der Waals surface area contributed by atoms with Crippen molar-refractivity contribution in [3.8, 4) is 11.5 Å². The van der Waals surface area contributed by atoms with Crippen molar-refractivity contribution in [2.45, 2.75) is 13.8 Å². The fourth-order valence-electron chi connectivity index (χ4n) is 1.23. The van der Waals surface area contributed by atoms with Gasteiger partial charge in [-0.1, -0.05) is 30.5 Å². The van der Waals surface area contributed by atoms with Gasteiger partial charge in [0.05, 0.1) is 0 Å². The van der Waals surface area contributed by atoms with Gasteiger partial charge in [-0.3, -0.25) is 10.1 Å². The number of nitrogens with zero attached hydrogens (tertiary/aromatic N) is 2. The number of hydrogen-bond donors (Lipinski definition) is 1. The fraction of sp³-hybridized carbons (Fsp3) is 0.250. The molecule has 2 rings (SSSR count). The van der Waals surface area contributed by atoms with Crippen LogP contribution in [-0.4, -0.2) is 16.1 Å². The van der Waals surface area contributed by atoms with Crippen molar-refractivity contribution in [1.82, 2.24) is 10.2 Å². The highest BCUT2D eigenvalue weighted by Gasteiger charge is 2.13. The maximum atomic E-state index is 11.4. The molecule has 6 heteroatoms. The fourth-order valence-corrected chi connectivity index (χ4v) is 1.36. The zero-order valence-electron chi connectivity index (χ0n) is 9.98. The van der Waals surface area contributed by atoms with Gasteiger partial charge in [-0.2, -0.15) is 0 Å². The van der Waals surface area contributed by atoms with Gasteiger partial charge in [0.2, 0.25) is 11.8 Å². The Balaban J connectivity index is 2.15. The first-order chi connectivity index (χ1) is 8.56. The molecule has 5 nitrogen and oxygen atoms in total. The average molecular weight is 266 g/mol. The number of rotatable bonds is 3. The van der Waals surface area contributed by atoms with E-state index in [9.17, 15) is 4.79 Å². The normalized spacial score (nSPS) is 10.7. The Labute approximate surface area is 109 Å². The molecule has 94 valence electrons. The molecule has 0 bridgehead atoms. The van der Waals surface area contributed by atoms with Gasteiger partial charge >= 0.3 is 6.01 Å². The summed E-state index contributed by atoms with van der Waals surface area (Å²) in [5.41, 5.74) is 0.747. The van der Waals surface area contributed by atoms with Crippen molar-refractivity contribution in [3.63, 3.8) is 0 Å². The van der Waals surface area contributed by atoms with Crippen molar-refractivity contribution in [2.75, 3.05) is 5.32 Å². The minimum absolute atomic E-state index is 0.0960. The topological polar surface area (TPSA) is 68.0 Å². The quantitative estimate of drug-likeness (QED) is 0.926. The molecule has 18 heavy (non-hydrogen) atoms. The SMILES string of the molecule is CC(C)C(=O)Nc1nnc(-c2ccc(Cl)cc2)o1. The molecular weight excluding hydrogens is 254 g/mol. The lowest BCUT2D eigenvalue weighted by Gasteiger charge is -2.01. The Morgan fingerprint density at radius 2 is 1.94 bits per heavy atom. The summed E-state index contributed by atoms with van der Waals surface area (Å²) in [5.74, 6) is 0.0305. The minimum Gasteiger partial charge on any atom is -0.403 e. The van der Waals surface area contributed by atoms with E-state index >= 15 is 0 Å². The largest absolute Gasteiger partial charge is 0.403 e. The highest BCUT2D eigenvalue weighted by atomic mass is 35.5. The Morgan fingerprint density at radius 1 is 1.28 bits per heavy atom. The second-order valence-electron chi connectivity index (χ2n) is 4.06. The third kappa shape index (κ3) is 2.87. The second kappa shape index (κ2) is 5.18. The molecular formula is C12H12ClN3O2. The molecule has 0 radical (unpaired) electrons. The Morgan fingerprint density at radius 3 is 2.56 bits per heavy atom. The summed E-state index contributed by atoms with van der Waals surface area (Å²) >= 11 is 5.78. The molecule has 1 heterocycles. The first kappa shape index (κ1) is 12.6. The van der Waals surface area contributed by atoms with E-state index in [1.54, 1.807) is 38.1 Å². The molecule has 0 saturated heterocycles. The summed E-state index contributed by atoms with van der Waals surface area (Å²) in [4.78, 5) is 11.4. The zero-order chi connectivity index (χ0) is 13.1. The number of anilines is 1. The second-order valence-corrected chi connectivity index (χ2v) is 4.50. The third-order valence-corrected chi connectivity index (χ3v) is 2.52. The average Bonchev–Trinajstić information content (AvgIpc) is 2.78. The summed E-state index contributed by atoms with van der Waals surface area (Å²) < 4.78 is 5.33. The Kier molecular flexibility index (Phi) is 3.62. The van der Waals surface area contributed by atoms with Gasteiger partial charge < -0.3 is 4.42 Å². The van der Waals surface area contributed by atoms with E-state index in [1.165, 1.54) is 0 Å². The number of carbonyl (C=O) groups is 1. The van der Waals surface area contributed by atoms with Crippen LogP contribution in [-0.2, 0) is 4.79 Å². The first-order valence-corrected chi connectivity index (χ1v) is 5.84. The molecule has 1 amide bonds. The van der Waals surface area contributed by atoms with E-state index < -0.39 is 0 Å². The van der Waals surface area contributed by atoms with Crippen LogP contribution in [0, 0.1) is 5.92 Å². The lowest BCUT2D eigenvalue weighted by Crippen LogP contribution is -2.17. The van der Waals surface area contributed by atoms with Crippen LogP contribution in [0.3, 0.4) is 0 Å². The molecule has 2 aromatic rings. The first-order valence-electron chi connectivity index (χ1n) is 5.46. The van der Waals surface area contributed by atoms with Crippen molar-refractivity contribution in [3.05, 3.63) is 29.3 Å². The van der Waals surface area contributed by atoms with Crippen LogP contribution >= 0.6 is 11.6 Å². The lowest BCUT2D eigenvalue weighted by molar-refractivity contribution is -0.119. The number of hydrogen-bond acceptors (Lipinski definition) is 4. The van der Waals surface area contributed by atoms with Gasteiger partial charge in [0.1, 0.15) is 0 Å². The molecule has 0 aliphatic rings. The molecule has 0 fully saturated rings. The summed E-state index contributed by atoms with van der Waals surface area (Å²) in [6.07, 6.45) is 0. The molecule has 0 atom stereocenters. The van der Waals surface area contributed by atoms with Gasteiger partial charge in [-0.15, -0.1) is 5.10 Å². The van der Waals surface area contributed by atoms with Crippen molar-refractivity contribution in [2.24, 2.45) is 5.92 Å². The van der Waals surface area contributed by atoms with Gasteiger partial charge in [0.15, 0.2) is 0 Å². The van der Waals surface area contributed by atoms with Crippen LogP contribution in [0.4, 0.5) is 6.01 Å². The predicted molar refractivity (Wildman–Crippen MR) is 68.2 cm³/mol. The molecule has 0 aliphatic heterocycles. The van der Waals surface area contributed by atoms with Crippen LogP contribution in [0.5, 0.6) is 0 Å². The number of nitrogens with one attached hydrogen (secondary N) is 1. The number of halogens is 1. The van der Waals surface area contributed by atoms with Crippen LogP contribution < -0.4 is 5.32 Å². The number of benzene rings is 1. The highest BCUT2D eigenvalue weighted by molar-refractivity contribution is 6.30. The number of amides is 1. The summed E-state index contributed by atoms with van der Waals surface area (Å²) in [5, 5.41) is 10.8. The smallest absolute Gasteiger partial charge is 0.322 e. The molecule has 0 saturated carbocycles. The number of carbonyl (C=O) groups excluding carboxylic acids is 1. The lowest BCUT2D eigenvalue weighted by atomic mass is 10.2. The van der Waals surface area contributed by atoms with Crippen LogP contribution in [0.25, 0.3) is 11.5 Å². The number of aromatic nitrogens is 2. The van der Waals surface area contributed by atoms with E-state index in [1.807, 2.05) is 0 Å². The summed E-state index contributed by atoms with van der Waals surface area (Å²) in [7, 11) is 0. The third-order valence-electron chi connectivity index (χ3n) is 2.27. The molecule has 1 N–H and O–H groups in total. The van der Waals surface area contributed by atoms with E-state index in [0.29, 0.717) is 10.9 Å². The van der Waals surface area contributed by atoms with E-state index in [0.717, 1.165) is 5.56 Å². The Bertz CT molecular complexity index is 549.